The predicted molar refractivity (Wildman–Crippen MR) is 75.6 cm³/mol. The first-order valence-corrected chi connectivity index (χ1v) is 6.86. The summed E-state index contributed by atoms with van der Waals surface area (Å²) in [5.41, 5.74) is -0.708. The van der Waals surface area contributed by atoms with Crippen molar-refractivity contribution in [2.75, 3.05) is 33.3 Å². The molecule has 5 heteroatoms. The maximum atomic E-state index is 14.3. The molecular weight excluding hydrogens is 259 g/mol. The summed E-state index contributed by atoms with van der Waals surface area (Å²) in [6.07, 6.45) is 0.245. The number of amides is 1. The lowest BCUT2D eigenvalue weighted by atomic mass is 10.0. The molecule has 0 aromatic heterocycles. The quantitative estimate of drug-likeness (QED) is 0.889. The van der Waals surface area contributed by atoms with E-state index < -0.39 is 11.6 Å². The number of aryl methyl sites for hydroxylation is 1. The number of para-hydroxylation sites is 1. The van der Waals surface area contributed by atoms with Crippen molar-refractivity contribution in [2.24, 2.45) is 0 Å². The lowest BCUT2D eigenvalue weighted by molar-refractivity contribution is -0.141. The van der Waals surface area contributed by atoms with Gasteiger partial charge in [0.25, 0.3) is 5.91 Å². The number of likely N-dealkylation sites (N-methyl/N-ethyl adjacent to an activating group) is 1. The molecule has 0 spiro atoms. The number of alkyl halides is 1. The van der Waals surface area contributed by atoms with Gasteiger partial charge in [-0.2, -0.15) is 0 Å². The van der Waals surface area contributed by atoms with Gasteiger partial charge in [-0.25, -0.2) is 4.39 Å². The molecule has 1 aliphatic rings. The highest BCUT2D eigenvalue weighted by Gasteiger charge is 2.43. The summed E-state index contributed by atoms with van der Waals surface area (Å²) >= 11 is 0. The summed E-state index contributed by atoms with van der Waals surface area (Å²) < 4.78 is 19.9. The van der Waals surface area contributed by atoms with Gasteiger partial charge in [-0.3, -0.25) is 4.79 Å². The molecule has 0 aliphatic carbocycles. The number of carbonyl (C=O) groups is 1. The summed E-state index contributed by atoms with van der Waals surface area (Å²) in [6.45, 7) is 3.35. The third kappa shape index (κ3) is 3.28. The van der Waals surface area contributed by atoms with Crippen molar-refractivity contribution in [1.82, 2.24) is 10.2 Å². The fourth-order valence-electron chi connectivity index (χ4n) is 2.30. The van der Waals surface area contributed by atoms with Crippen LogP contribution in [0, 0.1) is 6.92 Å². The Labute approximate surface area is 118 Å². The zero-order valence-electron chi connectivity index (χ0n) is 12.0. The monoisotopic (exact) mass is 280 g/mol. The summed E-state index contributed by atoms with van der Waals surface area (Å²) in [5, 5.41) is 2.88. The van der Waals surface area contributed by atoms with Crippen molar-refractivity contribution in [3.63, 3.8) is 0 Å². The van der Waals surface area contributed by atoms with Gasteiger partial charge in [-0.05, 0) is 25.1 Å². The lowest BCUT2D eigenvalue weighted by Crippen LogP contribution is -2.47. The first-order chi connectivity index (χ1) is 9.53. The highest BCUT2D eigenvalue weighted by atomic mass is 19.1. The molecule has 1 atom stereocenters. The van der Waals surface area contributed by atoms with Gasteiger partial charge in [0.05, 0.1) is 6.54 Å². The number of rotatable bonds is 5. The van der Waals surface area contributed by atoms with Gasteiger partial charge in [0, 0.05) is 20.0 Å². The number of halogens is 1. The number of hydrogen-bond donors (Lipinski definition) is 1. The number of ether oxygens (including phenoxy) is 1. The summed E-state index contributed by atoms with van der Waals surface area (Å²) in [7, 11) is 1.61. The second kappa shape index (κ2) is 6.22. The third-order valence-electron chi connectivity index (χ3n) is 3.61. The number of hydrogen-bond acceptors (Lipinski definition) is 3. The number of carbonyl (C=O) groups excluding carboxylic acids is 1. The van der Waals surface area contributed by atoms with Crippen LogP contribution in [0.5, 0.6) is 5.75 Å². The van der Waals surface area contributed by atoms with Gasteiger partial charge in [-0.15, -0.1) is 0 Å². The second-order valence-corrected chi connectivity index (χ2v) is 5.23. The van der Waals surface area contributed by atoms with E-state index in [2.05, 4.69) is 5.32 Å². The van der Waals surface area contributed by atoms with Gasteiger partial charge in [-0.1, -0.05) is 18.2 Å². The van der Waals surface area contributed by atoms with Crippen LogP contribution in [0.1, 0.15) is 12.0 Å². The maximum Gasteiger partial charge on any atom is 0.261 e. The number of nitrogens with one attached hydrogen (secondary N) is 1. The summed E-state index contributed by atoms with van der Waals surface area (Å²) in [4.78, 5) is 13.4. The second-order valence-electron chi connectivity index (χ2n) is 5.23. The Morgan fingerprint density at radius 2 is 2.25 bits per heavy atom. The molecule has 1 aromatic carbocycles. The maximum absolute atomic E-state index is 14.3. The Kier molecular flexibility index (Phi) is 4.60. The zero-order chi connectivity index (χ0) is 14.6. The Morgan fingerprint density at radius 3 is 2.90 bits per heavy atom. The predicted octanol–water partition coefficient (Wildman–Crippen LogP) is 1.53. The fraction of sp³-hybridized carbons (Fsp3) is 0.533. The van der Waals surface area contributed by atoms with E-state index in [9.17, 15) is 9.18 Å². The van der Waals surface area contributed by atoms with Crippen LogP contribution in [-0.2, 0) is 4.79 Å². The molecule has 1 aromatic rings. The zero-order valence-corrected chi connectivity index (χ0v) is 12.0. The molecule has 1 N–H and O–H groups in total. The minimum absolute atomic E-state index is 0.106. The van der Waals surface area contributed by atoms with Crippen molar-refractivity contribution in [3.05, 3.63) is 29.8 Å². The smallest absolute Gasteiger partial charge is 0.261 e. The van der Waals surface area contributed by atoms with Crippen LogP contribution in [-0.4, -0.2) is 49.8 Å². The van der Waals surface area contributed by atoms with Crippen LogP contribution in [0.2, 0.25) is 0 Å². The molecule has 1 aliphatic heterocycles. The van der Waals surface area contributed by atoms with Crippen LogP contribution in [0.3, 0.4) is 0 Å². The molecule has 1 saturated heterocycles. The first-order valence-electron chi connectivity index (χ1n) is 6.86. The highest BCUT2D eigenvalue weighted by Crippen LogP contribution is 2.22. The molecule has 2 rings (SSSR count). The largest absolute Gasteiger partial charge is 0.491 e. The van der Waals surface area contributed by atoms with E-state index in [1.807, 2.05) is 31.2 Å². The normalized spacial score (nSPS) is 21.8. The molecule has 1 amide bonds. The third-order valence-corrected chi connectivity index (χ3v) is 3.61. The van der Waals surface area contributed by atoms with Crippen molar-refractivity contribution < 1.29 is 13.9 Å². The summed E-state index contributed by atoms with van der Waals surface area (Å²) in [6, 6.07) is 7.69. The van der Waals surface area contributed by atoms with Crippen LogP contribution in [0.15, 0.2) is 24.3 Å². The fourth-order valence-corrected chi connectivity index (χ4v) is 2.30. The minimum Gasteiger partial charge on any atom is -0.491 e. The van der Waals surface area contributed by atoms with Crippen molar-refractivity contribution in [1.29, 1.82) is 0 Å². The van der Waals surface area contributed by atoms with Crippen LogP contribution < -0.4 is 10.1 Å². The molecule has 0 saturated carbocycles. The average Bonchev–Trinajstić information content (AvgIpc) is 2.88. The van der Waals surface area contributed by atoms with E-state index in [1.165, 1.54) is 4.90 Å². The topological polar surface area (TPSA) is 41.6 Å². The molecule has 20 heavy (non-hydrogen) atoms. The van der Waals surface area contributed by atoms with Crippen LogP contribution >= 0.6 is 0 Å². The average molecular weight is 280 g/mol. The lowest BCUT2D eigenvalue weighted by Gasteiger charge is -2.25. The van der Waals surface area contributed by atoms with Gasteiger partial charge in [0.15, 0.2) is 0 Å². The van der Waals surface area contributed by atoms with E-state index >= 15 is 0 Å². The molecule has 1 unspecified atom stereocenters. The first kappa shape index (κ1) is 14.8. The van der Waals surface area contributed by atoms with Gasteiger partial charge in [0.2, 0.25) is 5.67 Å². The van der Waals surface area contributed by atoms with E-state index in [-0.39, 0.29) is 13.0 Å². The van der Waals surface area contributed by atoms with Crippen molar-refractivity contribution in [3.8, 4) is 5.75 Å². The molecular formula is C15H21FN2O2. The number of nitrogens with zero attached hydrogens (tertiary/aromatic N) is 1. The molecule has 4 nitrogen and oxygen atoms in total. The number of benzene rings is 1. The Balaban J connectivity index is 1.82. The Hall–Kier alpha value is -1.62. The van der Waals surface area contributed by atoms with Gasteiger partial charge >= 0.3 is 0 Å². The van der Waals surface area contributed by atoms with E-state index in [0.29, 0.717) is 19.7 Å². The standard InChI is InChI=1S/C15H21FN2O2/c1-12-5-3-4-6-13(12)20-10-9-18(2)14(19)15(16)7-8-17-11-15/h3-6,17H,7-11H2,1-2H3. The van der Waals surface area contributed by atoms with E-state index in [1.54, 1.807) is 7.05 Å². The molecule has 0 bridgehead atoms. The van der Waals surface area contributed by atoms with Gasteiger partial charge in [0.1, 0.15) is 12.4 Å². The minimum atomic E-state index is -1.75. The highest BCUT2D eigenvalue weighted by molar-refractivity contribution is 5.85. The van der Waals surface area contributed by atoms with Crippen LogP contribution in [0.4, 0.5) is 4.39 Å². The Bertz CT molecular complexity index is 473. The van der Waals surface area contributed by atoms with Crippen molar-refractivity contribution >= 4 is 5.91 Å². The van der Waals surface area contributed by atoms with E-state index in [4.69, 9.17) is 4.74 Å². The molecule has 110 valence electrons. The SMILES string of the molecule is Cc1ccccc1OCCN(C)C(=O)C1(F)CCNC1. The van der Waals surface area contributed by atoms with E-state index in [0.717, 1.165) is 11.3 Å². The molecule has 0 radical (unpaired) electrons. The Morgan fingerprint density at radius 1 is 1.50 bits per heavy atom. The van der Waals surface area contributed by atoms with Crippen LogP contribution in [0.25, 0.3) is 0 Å². The van der Waals surface area contributed by atoms with Gasteiger partial charge < -0.3 is 15.0 Å². The molecule has 1 fully saturated rings. The molecule has 1 heterocycles. The van der Waals surface area contributed by atoms with Crippen molar-refractivity contribution in [2.45, 2.75) is 19.0 Å². The summed E-state index contributed by atoms with van der Waals surface area (Å²) in [5.74, 6) is 0.335.